The number of amides is 1. The van der Waals surface area contributed by atoms with Crippen molar-refractivity contribution >= 4 is 11.9 Å². The van der Waals surface area contributed by atoms with Gasteiger partial charge in [0.05, 0.1) is 5.41 Å². The average molecular weight is 290 g/mol. The normalized spacial score (nSPS) is 18.2. The van der Waals surface area contributed by atoms with E-state index >= 15 is 0 Å². The molecule has 0 radical (unpaired) electrons. The van der Waals surface area contributed by atoms with Gasteiger partial charge in [0.25, 0.3) is 0 Å². The molecule has 5 heteroatoms. The van der Waals surface area contributed by atoms with E-state index in [1.807, 2.05) is 31.2 Å². The number of nitrogens with one attached hydrogen (secondary N) is 1. The van der Waals surface area contributed by atoms with Crippen molar-refractivity contribution < 1.29 is 14.7 Å². The summed E-state index contributed by atoms with van der Waals surface area (Å²) in [5.74, 6) is -1.16. The number of carbonyl (C=O) groups is 2. The first kappa shape index (κ1) is 15.5. The molecule has 21 heavy (non-hydrogen) atoms. The summed E-state index contributed by atoms with van der Waals surface area (Å²) in [5.41, 5.74) is 6.95. The van der Waals surface area contributed by atoms with E-state index in [0.717, 1.165) is 24.0 Å². The van der Waals surface area contributed by atoms with Crippen molar-refractivity contribution in [1.29, 1.82) is 0 Å². The lowest BCUT2D eigenvalue weighted by atomic mass is 9.86. The summed E-state index contributed by atoms with van der Waals surface area (Å²) in [6, 6.07) is 6.68. The van der Waals surface area contributed by atoms with Gasteiger partial charge in [-0.2, -0.15) is 0 Å². The van der Waals surface area contributed by atoms with Gasteiger partial charge in [-0.15, -0.1) is 0 Å². The molecule has 0 bridgehead atoms. The number of carbonyl (C=O) groups excluding carboxylic acids is 1. The first-order chi connectivity index (χ1) is 9.94. The van der Waals surface area contributed by atoms with Crippen LogP contribution in [0.1, 0.15) is 42.9 Å². The smallest absolute Gasteiger partial charge is 0.311 e. The topological polar surface area (TPSA) is 92.4 Å². The first-order valence-electron chi connectivity index (χ1n) is 7.28. The molecular weight excluding hydrogens is 268 g/mol. The van der Waals surface area contributed by atoms with Crippen molar-refractivity contribution in [3.63, 3.8) is 0 Å². The van der Waals surface area contributed by atoms with E-state index in [1.54, 1.807) is 0 Å². The molecule has 2 rings (SSSR count). The summed E-state index contributed by atoms with van der Waals surface area (Å²) in [5, 5.41) is 12.1. The van der Waals surface area contributed by atoms with Gasteiger partial charge in [-0.05, 0) is 25.3 Å². The predicted molar refractivity (Wildman–Crippen MR) is 79.7 cm³/mol. The van der Waals surface area contributed by atoms with Crippen LogP contribution >= 0.6 is 0 Å². The number of hydrogen-bond acceptors (Lipinski definition) is 3. The molecular formula is C16H22N2O3. The zero-order chi connectivity index (χ0) is 15.5. The van der Waals surface area contributed by atoms with Crippen LogP contribution in [0.2, 0.25) is 0 Å². The number of benzene rings is 1. The summed E-state index contributed by atoms with van der Waals surface area (Å²) in [6.07, 6.45) is 3.02. The van der Waals surface area contributed by atoms with E-state index in [-0.39, 0.29) is 12.5 Å². The summed E-state index contributed by atoms with van der Waals surface area (Å²) < 4.78 is 0. The molecule has 0 spiro atoms. The molecule has 0 aromatic heterocycles. The summed E-state index contributed by atoms with van der Waals surface area (Å²) in [4.78, 5) is 23.6. The zero-order valence-electron chi connectivity index (χ0n) is 12.3. The quantitative estimate of drug-likeness (QED) is 0.770. The summed E-state index contributed by atoms with van der Waals surface area (Å²) >= 11 is 0. The van der Waals surface area contributed by atoms with Crippen LogP contribution in [0.25, 0.3) is 0 Å². The molecule has 1 aliphatic carbocycles. The zero-order valence-corrected chi connectivity index (χ0v) is 12.3. The highest BCUT2D eigenvalue weighted by Crippen LogP contribution is 2.37. The van der Waals surface area contributed by atoms with Crippen LogP contribution in [0.3, 0.4) is 0 Å². The van der Waals surface area contributed by atoms with Crippen LogP contribution in [0, 0.1) is 12.3 Å². The Labute approximate surface area is 124 Å². The third-order valence-electron chi connectivity index (χ3n) is 4.33. The fourth-order valence-corrected chi connectivity index (χ4v) is 2.81. The van der Waals surface area contributed by atoms with Crippen LogP contribution < -0.4 is 11.1 Å². The number of aliphatic carboxylic acids is 1. The number of hydrogen-bond donors (Lipinski definition) is 3. The number of carboxylic acid groups (broad SMARTS) is 1. The van der Waals surface area contributed by atoms with E-state index in [1.165, 1.54) is 0 Å². The molecule has 1 saturated carbocycles. The minimum Gasteiger partial charge on any atom is -0.481 e. The van der Waals surface area contributed by atoms with Crippen LogP contribution in [0.5, 0.6) is 0 Å². The molecule has 5 nitrogen and oxygen atoms in total. The van der Waals surface area contributed by atoms with Crippen LogP contribution in [-0.4, -0.2) is 23.5 Å². The van der Waals surface area contributed by atoms with E-state index in [2.05, 4.69) is 5.32 Å². The molecule has 1 amide bonds. The van der Waals surface area contributed by atoms with Crippen molar-refractivity contribution in [3.05, 3.63) is 35.4 Å². The van der Waals surface area contributed by atoms with Crippen LogP contribution in [0.15, 0.2) is 24.3 Å². The van der Waals surface area contributed by atoms with Gasteiger partial charge in [-0.25, -0.2) is 0 Å². The maximum absolute atomic E-state index is 12.1. The second-order valence-electron chi connectivity index (χ2n) is 5.90. The SMILES string of the molecule is Cc1ccc(C(N)C(=O)NCC2(C(=O)O)CCCC2)cc1. The molecule has 1 atom stereocenters. The minimum absolute atomic E-state index is 0.154. The number of rotatable bonds is 5. The standard InChI is InChI=1S/C16H22N2O3/c1-11-4-6-12(7-5-11)13(17)14(19)18-10-16(15(20)21)8-2-3-9-16/h4-7,13H,2-3,8-10,17H2,1H3,(H,18,19)(H,20,21). The molecule has 0 heterocycles. The van der Waals surface area contributed by atoms with E-state index in [4.69, 9.17) is 5.73 Å². The number of carboxylic acids is 1. The van der Waals surface area contributed by atoms with Gasteiger partial charge >= 0.3 is 5.97 Å². The Kier molecular flexibility index (Phi) is 4.63. The highest BCUT2D eigenvalue weighted by Gasteiger charge is 2.41. The molecule has 1 fully saturated rings. The lowest BCUT2D eigenvalue weighted by Gasteiger charge is -2.25. The monoisotopic (exact) mass is 290 g/mol. The third kappa shape index (κ3) is 3.42. The van der Waals surface area contributed by atoms with Gasteiger partial charge in [-0.3, -0.25) is 9.59 Å². The number of aryl methyl sites for hydroxylation is 1. The van der Waals surface area contributed by atoms with Gasteiger partial charge in [0.2, 0.25) is 5.91 Å². The Bertz CT molecular complexity index is 519. The van der Waals surface area contributed by atoms with E-state index in [0.29, 0.717) is 12.8 Å². The molecule has 0 aliphatic heterocycles. The Morgan fingerprint density at radius 1 is 1.29 bits per heavy atom. The molecule has 1 aromatic rings. The maximum Gasteiger partial charge on any atom is 0.311 e. The maximum atomic E-state index is 12.1. The Morgan fingerprint density at radius 2 is 1.86 bits per heavy atom. The fourth-order valence-electron chi connectivity index (χ4n) is 2.81. The fraction of sp³-hybridized carbons (Fsp3) is 0.500. The largest absolute Gasteiger partial charge is 0.481 e. The Morgan fingerprint density at radius 3 is 2.38 bits per heavy atom. The Balaban J connectivity index is 1.97. The minimum atomic E-state index is -0.829. The summed E-state index contributed by atoms with van der Waals surface area (Å²) in [6.45, 7) is 2.12. The first-order valence-corrected chi connectivity index (χ1v) is 7.28. The van der Waals surface area contributed by atoms with E-state index in [9.17, 15) is 14.7 Å². The lowest BCUT2D eigenvalue weighted by molar-refractivity contribution is -0.148. The molecule has 1 aromatic carbocycles. The average Bonchev–Trinajstić information content (AvgIpc) is 2.95. The Hall–Kier alpha value is -1.88. The van der Waals surface area contributed by atoms with Gasteiger partial charge in [0.1, 0.15) is 6.04 Å². The molecule has 4 N–H and O–H groups in total. The molecule has 114 valence electrons. The molecule has 1 unspecified atom stereocenters. The van der Waals surface area contributed by atoms with Gasteiger partial charge in [0.15, 0.2) is 0 Å². The van der Waals surface area contributed by atoms with Crippen molar-refractivity contribution in [1.82, 2.24) is 5.32 Å². The van der Waals surface area contributed by atoms with Crippen molar-refractivity contribution in [2.45, 2.75) is 38.6 Å². The van der Waals surface area contributed by atoms with Gasteiger partial charge in [0, 0.05) is 6.54 Å². The van der Waals surface area contributed by atoms with Gasteiger partial charge in [-0.1, -0.05) is 42.7 Å². The molecule has 1 aliphatic rings. The third-order valence-corrected chi connectivity index (χ3v) is 4.33. The highest BCUT2D eigenvalue weighted by atomic mass is 16.4. The second-order valence-corrected chi connectivity index (χ2v) is 5.90. The van der Waals surface area contributed by atoms with Crippen LogP contribution in [0.4, 0.5) is 0 Å². The van der Waals surface area contributed by atoms with Gasteiger partial charge < -0.3 is 16.2 Å². The van der Waals surface area contributed by atoms with Crippen molar-refractivity contribution in [3.8, 4) is 0 Å². The lowest BCUT2D eigenvalue weighted by Crippen LogP contribution is -2.44. The second kappa shape index (κ2) is 6.26. The van der Waals surface area contributed by atoms with Crippen LogP contribution in [-0.2, 0) is 9.59 Å². The molecule has 0 saturated heterocycles. The summed E-state index contributed by atoms with van der Waals surface area (Å²) in [7, 11) is 0. The van der Waals surface area contributed by atoms with Crippen molar-refractivity contribution in [2.24, 2.45) is 11.1 Å². The number of nitrogens with two attached hydrogens (primary N) is 1. The van der Waals surface area contributed by atoms with E-state index < -0.39 is 17.4 Å². The highest BCUT2D eigenvalue weighted by molar-refractivity contribution is 5.84. The van der Waals surface area contributed by atoms with Crippen molar-refractivity contribution in [2.75, 3.05) is 6.54 Å². The predicted octanol–water partition coefficient (Wildman–Crippen LogP) is 1.76.